The minimum atomic E-state index is -1.86. The Bertz CT molecular complexity index is 283. The molecule has 0 spiro atoms. The van der Waals surface area contributed by atoms with Crippen LogP contribution in [0.4, 0.5) is 0 Å². The van der Waals surface area contributed by atoms with Crippen molar-refractivity contribution in [3.8, 4) is 0 Å². The minimum absolute atomic E-state index is 0.271. The molecule has 0 aliphatic carbocycles. The molecule has 0 aromatic heterocycles. The van der Waals surface area contributed by atoms with Crippen LogP contribution in [0.25, 0.3) is 0 Å². The van der Waals surface area contributed by atoms with Crippen molar-refractivity contribution in [2.75, 3.05) is 14.2 Å². The maximum atomic E-state index is 12.1. The molecule has 106 valence electrons. The highest BCUT2D eigenvalue weighted by atomic mass is 28.3. The van der Waals surface area contributed by atoms with Crippen LogP contribution in [0, 0.1) is 0 Å². The van der Waals surface area contributed by atoms with E-state index in [-0.39, 0.29) is 23.0 Å². The van der Waals surface area contributed by atoms with E-state index >= 15 is 0 Å². The first-order valence-corrected chi connectivity index (χ1v) is 13.3. The van der Waals surface area contributed by atoms with E-state index in [0.29, 0.717) is 0 Å². The van der Waals surface area contributed by atoms with Crippen LogP contribution >= 0.6 is 0 Å². The Morgan fingerprint density at radius 3 is 1.06 bits per heavy atom. The highest BCUT2D eigenvalue weighted by Crippen LogP contribution is 2.42. The lowest BCUT2D eigenvalue weighted by Crippen LogP contribution is -2.48. The van der Waals surface area contributed by atoms with E-state index in [1.165, 1.54) is 14.2 Å². The molecule has 6 heteroatoms. The molecule has 0 radical (unpaired) electrons. The van der Waals surface area contributed by atoms with Gasteiger partial charge < -0.3 is 9.47 Å². The fourth-order valence-electron chi connectivity index (χ4n) is 2.23. The monoisotopic (exact) mass is 290 g/mol. The van der Waals surface area contributed by atoms with E-state index in [1.807, 2.05) is 0 Å². The summed E-state index contributed by atoms with van der Waals surface area (Å²) in [6.07, 6.45) is 0. The zero-order valence-corrected chi connectivity index (χ0v) is 14.8. The lowest BCUT2D eigenvalue weighted by Gasteiger charge is -2.38. The van der Waals surface area contributed by atoms with Gasteiger partial charge in [-0.3, -0.25) is 9.59 Å². The van der Waals surface area contributed by atoms with Crippen molar-refractivity contribution in [2.24, 2.45) is 0 Å². The molecule has 2 atom stereocenters. The maximum Gasteiger partial charge on any atom is 0.306 e. The molecule has 0 aliphatic heterocycles. The molecule has 0 amide bonds. The third-order valence-corrected chi connectivity index (χ3v) is 8.31. The Morgan fingerprint density at radius 2 is 0.944 bits per heavy atom. The van der Waals surface area contributed by atoms with Gasteiger partial charge in [-0.05, 0) is 0 Å². The highest BCUT2D eigenvalue weighted by molar-refractivity contribution is 6.87. The third-order valence-electron chi connectivity index (χ3n) is 3.11. The van der Waals surface area contributed by atoms with E-state index in [9.17, 15) is 9.59 Å². The maximum absolute atomic E-state index is 12.1. The van der Waals surface area contributed by atoms with Gasteiger partial charge in [-0.15, -0.1) is 0 Å². The summed E-state index contributed by atoms with van der Waals surface area (Å²) >= 11 is 0. The summed E-state index contributed by atoms with van der Waals surface area (Å²) in [6, 6.07) is 0. The van der Waals surface area contributed by atoms with Crippen molar-refractivity contribution in [2.45, 2.75) is 50.4 Å². The van der Waals surface area contributed by atoms with Gasteiger partial charge in [-0.25, -0.2) is 0 Å². The molecule has 0 saturated carbocycles. The lowest BCUT2D eigenvalue weighted by molar-refractivity contribution is -0.147. The van der Waals surface area contributed by atoms with Crippen LogP contribution in [0.5, 0.6) is 0 Å². The summed E-state index contributed by atoms with van der Waals surface area (Å²) in [5, 5.41) is 0. The van der Waals surface area contributed by atoms with Crippen LogP contribution in [0.15, 0.2) is 0 Å². The second-order valence-corrected chi connectivity index (χ2v) is 17.4. The molecule has 0 saturated heterocycles. The topological polar surface area (TPSA) is 52.6 Å². The second-order valence-electron chi connectivity index (χ2n) is 6.73. The van der Waals surface area contributed by atoms with Crippen LogP contribution in [0.2, 0.25) is 50.4 Å². The van der Waals surface area contributed by atoms with Gasteiger partial charge in [0.05, 0.1) is 41.4 Å². The smallest absolute Gasteiger partial charge is 0.306 e. The van der Waals surface area contributed by atoms with Gasteiger partial charge in [-0.2, -0.15) is 0 Å². The van der Waals surface area contributed by atoms with E-state index in [2.05, 4.69) is 39.3 Å². The van der Waals surface area contributed by atoms with Crippen molar-refractivity contribution in [1.82, 2.24) is 0 Å². The molecule has 0 rings (SSSR count). The number of carbonyl (C=O) groups is 2. The second kappa shape index (κ2) is 6.01. The Kier molecular flexibility index (Phi) is 5.80. The molecule has 0 fully saturated rings. The van der Waals surface area contributed by atoms with Crippen LogP contribution in [-0.4, -0.2) is 42.3 Å². The van der Waals surface area contributed by atoms with Gasteiger partial charge in [0, 0.05) is 0 Å². The normalized spacial score (nSPS) is 15.8. The molecule has 2 unspecified atom stereocenters. The zero-order chi connectivity index (χ0) is 14.7. The first-order chi connectivity index (χ1) is 7.96. The number of esters is 2. The van der Waals surface area contributed by atoms with Gasteiger partial charge >= 0.3 is 11.9 Å². The Morgan fingerprint density at radius 1 is 0.722 bits per heavy atom. The fourth-order valence-corrected chi connectivity index (χ4v) is 9.16. The summed E-state index contributed by atoms with van der Waals surface area (Å²) in [4.78, 5) is 24.2. The van der Waals surface area contributed by atoms with Crippen LogP contribution < -0.4 is 0 Å². The van der Waals surface area contributed by atoms with E-state index in [0.717, 1.165) is 0 Å². The molecule has 0 heterocycles. The van der Waals surface area contributed by atoms with Crippen molar-refractivity contribution in [3.63, 3.8) is 0 Å². The molecule has 0 N–H and O–H groups in total. The van der Waals surface area contributed by atoms with Crippen LogP contribution in [0.3, 0.4) is 0 Å². The molecular weight excluding hydrogens is 264 g/mol. The third kappa shape index (κ3) is 4.24. The Labute approximate surface area is 112 Å². The van der Waals surface area contributed by atoms with Crippen molar-refractivity contribution in [3.05, 3.63) is 0 Å². The lowest BCUT2D eigenvalue weighted by atomic mass is 10.3. The Hall–Kier alpha value is -0.626. The van der Waals surface area contributed by atoms with Crippen molar-refractivity contribution < 1.29 is 19.1 Å². The summed E-state index contributed by atoms with van der Waals surface area (Å²) in [6.45, 7) is 12.5. The van der Waals surface area contributed by atoms with E-state index < -0.39 is 16.1 Å². The van der Waals surface area contributed by atoms with Crippen molar-refractivity contribution >= 4 is 28.1 Å². The molecule has 0 aromatic rings. The predicted molar refractivity (Wildman–Crippen MR) is 78.2 cm³/mol. The summed E-state index contributed by atoms with van der Waals surface area (Å²) in [7, 11) is -0.961. The zero-order valence-electron chi connectivity index (χ0n) is 12.8. The minimum Gasteiger partial charge on any atom is -0.469 e. The Balaban J connectivity index is 5.65. The predicted octanol–water partition coefficient (Wildman–Crippen LogP) is 2.75. The average Bonchev–Trinajstić information content (AvgIpc) is 2.20. The number of carbonyl (C=O) groups excluding carboxylic acids is 2. The summed E-state index contributed by atoms with van der Waals surface area (Å²) < 4.78 is 9.84. The largest absolute Gasteiger partial charge is 0.469 e. The highest BCUT2D eigenvalue weighted by Gasteiger charge is 2.49. The summed E-state index contributed by atoms with van der Waals surface area (Å²) in [5.41, 5.74) is -0.664. The SMILES string of the molecule is COC(=O)C(C(C(=O)OC)[Si](C)(C)C)[Si](C)(C)C. The summed E-state index contributed by atoms with van der Waals surface area (Å²) in [5.74, 6) is -0.543. The molecule has 0 aromatic carbocycles. The van der Waals surface area contributed by atoms with Gasteiger partial charge in [0.25, 0.3) is 0 Å². The van der Waals surface area contributed by atoms with Gasteiger partial charge in [0.1, 0.15) is 0 Å². The first kappa shape index (κ1) is 17.4. The molecule has 4 nitrogen and oxygen atoms in total. The van der Waals surface area contributed by atoms with E-state index in [1.54, 1.807) is 0 Å². The van der Waals surface area contributed by atoms with Crippen LogP contribution in [-0.2, 0) is 19.1 Å². The number of hydrogen-bond acceptors (Lipinski definition) is 4. The quantitative estimate of drug-likeness (QED) is 0.577. The molecule has 18 heavy (non-hydrogen) atoms. The number of methoxy groups -OCH3 is 2. The molecular formula is C12H26O4Si2. The number of rotatable bonds is 5. The fraction of sp³-hybridized carbons (Fsp3) is 0.833. The molecule has 0 bridgehead atoms. The van der Waals surface area contributed by atoms with Crippen LogP contribution in [0.1, 0.15) is 0 Å². The first-order valence-electron chi connectivity index (χ1n) is 6.12. The van der Waals surface area contributed by atoms with Gasteiger partial charge in [0.2, 0.25) is 0 Å². The average molecular weight is 291 g/mol. The van der Waals surface area contributed by atoms with Crippen molar-refractivity contribution in [1.29, 1.82) is 0 Å². The number of hydrogen-bond donors (Lipinski definition) is 0. The van der Waals surface area contributed by atoms with E-state index in [4.69, 9.17) is 9.47 Å². The standard InChI is InChI=1S/C12H26O4Si2/c1-15-11(13)9(17(3,4)5)10(12(14)16-2)18(6,7)8/h9-10H,1-8H3. The number of ether oxygens (including phenoxy) is 2. The van der Waals surface area contributed by atoms with Gasteiger partial charge in [0.15, 0.2) is 0 Å². The van der Waals surface area contributed by atoms with Gasteiger partial charge in [-0.1, -0.05) is 39.3 Å². The molecule has 0 aliphatic rings.